The Kier molecular flexibility index (Phi) is 3.91. The van der Waals surface area contributed by atoms with E-state index in [0.29, 0.717) is 17.0 Å². The highest BCUT2D eigenvalue weighted by Crippen LogP contribution is 2.30. The number of hydrogen-bond acceptors (Lipinski definition) is 5. The van der Waals surface area contributed by atoms with Gasteiger partial charge in [-0.3, -0.25) is 9.59 Å². The van der Waals surface area contributed by atoms with Gasteiger partial charge in [0.1, 0.15) is 11.8 Å². The molecule has 8 heteroatoms. The van der Waals surface area contributed by atoms with E-state index in [0.717, 1.165) is 0 Å². The van der Waals surface area contributed by atoms with Gasteiger partial charge in [-0.1, -0.05) is 0 Å². The number of benzene rings is 1. The van der Waals surface area contributed by atoms with E-state index in [1.165, 1.54) is 24.1 Å². The molecule has 122 valence electrons. The number of carboxylic acid groups (broad SMARTS) is 1. The van der Waals surface area contributed by atoms with Gasteiger partial charge in [0.25, 0.3) is 11.8 Å². The van der Waals surface area contributed by atoms with Gasteiger partial charge in [0.05, 0.1) is 11.8 Å². The first-order valence-electron chi connectivity index (χ1n) is 7.13. The zero-order valence-corrected chi connectivity index (χ0v) is 12.4. The first kappa shape index (κ1) is 15.3. The number of likely N-dealkylation sites (tertiary alicyclic amines) is 1. The summed E-state index contributed by atoms with van der Waals surface area (Å²) in [5, 5.41) is 11.9. The van der Waals surface area contributed by atoms with Crippen molar-refractivity contribution in [2.45, 2.75) is 18.6 Å². The molecule has 1 aromatic carbocycles. The van der Waals surface area contributed by atoms with E-state index in [1.807, 2.05) is 0 Å². The smallest absolute Gasteiger partial charge is 0.326 e. The lowest BCUT2D eigenvalue weighted by molar-refractivity contribution is -0.141. The third-order valence-electron chi connectivity index (χ3n) is 4.00. The van der Waals surface area contributed by atoms with E-state index in [9.17, 15) is 19.5 Å². The number of amides is 2. The van der Waals surface area contributed by atoms with Gasteiger partial charge in [-0.15, -0.1) is 0 Å². The second-order valence-corrected chi connectivity index (χ2v) is 5.45. The lowest BCUT2D eigenvalue weighted by atomic mass is 10.1. The van der Waals surface area contributed by atoms with Crippen molar-refractivity contribution in [3.05, 3.63) is 23.8 Å². The molecule has 1 saturated heterocycles. The third-order valence-corrected chi connectivity index (χ3v) is 4.00. The molecule has 23 heavy (non-hydrogen) atoms. The fraction of sp³-hybridized carbons (Fsp3) is 0.400. The van der Waals surface area contributed by atoms with Gasteiger partial charge in [0.15, 0.2) is 6.61 Å². The predicted molar refractivity (Wildman–Crippen MR) is 78.4 cm³/mol. The molecule has 2 aliphatic heterocycles. The van der Waals surface area contributed by atoms with Crippen LogP contribution in [0, 0.1) is 0 Å². The van der Waals surface area contributed by atoms with Gasteiger partial charge >= 0.3 is 5.97 Å². The average molecular weight is 320 g/mol. The molecule has 0 radical (unpaired) electrons. The second kappa shape index (κ2) is 5.88. The predicted octanol–water partition coefficient (Wildman–Crippen LogP) is 0.332. The van der Waals surface area contributed by atoms with Crippen molar-refractivity contribution in [2.24, 2.45) is 0 Å². The van der Waals surface area contributed by atoms with E-state index >= 15 is 0 Å². The summed E-state index contributed by atoms with van der Waals surface area (Å²) in [6.45, 7) is 0.110. The minimum Gasteiger partial charge on any atom is -0.482 e. The van der Waals surface area contributed by atoms with Crippen LogP contribution in [-0.2, 0) is 14.3 Å². The Balaban J connectivity index is 1.85. The molecule has 0 bridgehead atoms. The number of carbonyl (C=O) groups excluding carboxylic acids is 2. The first-order chi connectivity index (χ1) is 11.0. The highest BCUT2D eigenvalue weighted by atomic mass is 16.5. The number of methoxy groups -OCH3 is 1. The van der Waals surface area contributed by atoms with Crippen LogP contribution in [0.5, 0.6) is 5.75 Å². The molecule has 0 saturated carbocycles. The number of fused-ring (bicyclic) bond motifs is 1. The van der Waals surface area contributed by atoms with Gasteiger partial charge in [0.2, 0.25) is 0 Å². The number of anilines is 1. The molecule has 3 rings (SSSR count). The van der Waals surface area contributed by atoms with Gasteiger partial charge < -0.3 is 24.8 Å². The van der Waals surface area contributed by atoms with Crippen molar-refractivity contribution in [3.8, 4) is 5.75 Å². The molecule has 2 unspecified atom stereocenters. The van der Waals surface area contributed by atoms with Crippen molar-refractivity contribution in [1.29, 1.82) is 0 Å². The summed E-state index contributed by atoms with van der Waals surface area (Å²) < 4.78 is 10.5. The number of rotatable bonds is 3. The SMILES string of the molecule is COC1CC(C(=O)O)N(C(=O)c2ccc3c(c2)OCC(=O)N3)C1. The number of nitrogens with one attached hydrogen (secondary N) is 1. The summed E-state index contributed by atoms with van der Waals surface area (Å²) in [5.41, 5.74) is 0.798. The molecule has 0 aliphatic carbocycles. The van der Waals surface area contributed by atoms with Crippen molar-refractivity contribution < 1.29 is 29.0 Å². The Morgan fingerprint density at radius 1 is 1.43 bits per heavy atom. The molecule has 1 aromatic rings. The maximum Gasteiger partial charge on any atom is 0.326 e. The normalized spacial score (nSPS) is 23.0. The number of nitrogens with zero attached hydrogens (tertiary/aromatic N) is 1. The molecule has 2 aliphatic rings. The molecule has 2 heterocycles. The van der Waals surface area contributed by atoms with Crippen LogP contribution in [0.1, 0.15) is 16.8 Å². The van der Waals surface area contributed by atoms with Crippen LogP contribution in [0.2, 0.25) is 0 Å². The van der Waals surface area contributed by atoms with Crippen LogP contribution in [0.25, 0.3) is 0 Å². The van der Waals surface area contributed by atoms with Crippen molar-refractivity contribution in [3.63, 3.8) is 0 Å². The highest BCUT2D eigenvalue weighted by Gasteiger charge is 2.40. The fourth-order valence-corrected chi connectivity index (χ4v) is 2.80. The molecule has 2 atom stereocenters. The second-order valence-electron chi connectivity index (χ2n) is 5.45. The Hall–Kier alpha value is -2.61. The van der Waals surface area contributed by atoms with Crippen molar-refractivity contribution >= 4 is 23.5 Å². The summed E-state index contributed by atoms with van der Waals surface area (Å²) in [6, 6.07) is 3.70. The van der Waals surface area contributed by atoms with E-state index in [2.05, 4.69) is 5.32 Å². The number of aliphatic carboxylic acids is 1. The lowest BCUT2D eigenvalue weighted by Gasteiger charge is -2.23. The van der Waals surface area contributed by atoms with E-state index in [1.54, 1.807) is 6.07 Å². The average Bonchev–Trinajstić information content (AvgIpc) is 2.98. The van der Waals surface area contributed by atoms with Crippen LogP contribution in [0.4, 0.5) is 5.69 Å². The molecular weight excluding hydrogens is 304 g/mol. The Bertz CT molecular complexity index is 674. The van der Waals surface area contributed by atoms with E-state index < -0.39 is 17.9 Å². The fourth-order valence-electron chi connectivity index (χ4n) is 2.80. The summed E-state index contributed by atoms with van der Waals surface area (Å²) in [6.07, 6.45) is -0.0389. The zero-order chi connectivity index (χ0) is 16.6. The van der Waals surface area contributed by atoms with Crippen LogP contribution in [-0.4, -0.2) is 60.2 Å². The summed E-state index contributed by atoms with van der Waals surface area (Å²) in [4.78, 5) is 36.5. The lowest BCUT2D eigenvalue weighted by Crippen LogP contribution is -2.40. The quantitative estimate of drug-likeness (QED) is 0.831. The standard InChI is InChI=1S/C15H16N2O6/c1-22-9-5-11(15(20)21)17(6-9)14(19)8-2-3-10-12(4-8)23-7-13(18)16-10/h2-4,9,11H,5-7H2,1H3,(H,16,18)(H,20,21). The highest BCUT2D eigenvalue weighted by molar-refractivity contribution is 6.00. The van der Waals surface area contributed by atoms with Crippen LogP contribution < -0.4 is 10.1 Å². The Morgan fingerprint density at radius 2 is 2.22 bits per heavy atom. The van der Waals surface area contributed by atoms with Gasteiger partial charge in [-0.05, 0) is 18.2 Å². The zero-order valence-electron chi connectivity index (χ0n) is 12.4. The maximum atomic E-state index is 12.6. The van der Waals surface area contributed by atoms with Crippen LogP contribution in [0.3, 0.4) is 0 Å². The Morgan fingerprint density at radius 3 is 2.91 bits per heavy atom. The first-order valence-corrected chi connectivity index (χ1v) is 7.13. The van der Waals surface area contributed by atoms with E-state index in [4.69, 9.17) is 9.47 Å². The molecule has 0 aromatic heterocycles. The maximum absolute atomic E-state index is 12.6. The molecule has 0 spiro atoms. The number of carbonyl (C=O) groups is 3. The molecule has 1 fully saturated rings. The third kappa shape index (κ3) is 2.85. The van der Waals surface area contributed by atoms with Crippen LogP contribution in [0.15, 0.2) is 18.2 Å². The topological polar surface area (TPSA) is 105 Å². The molecule has 2 N–H and O–H groups in total. The van der Waals surface area contributed by atoms with Gasteiger partial charge in [-0.2, -0.15) is 0 Å². The van der Waals surface area contributed by atoms with Crippen molar-refractivity contribution in [1.82, 2.24) is 4.90 Å². The van der Waals surface area contributed by atoms with Gasteiger partial charge in [-0.25, -0.2) is 4.79 Å². The minimum atomic E-state index is -1.06. The molecule has 8 nitrogen and oxygen atoms in total. The minimum absolute atomic E-state index is 0.113. The largest absolute Gasteiger partial charge is 0.482 e. The Labute approximate surface area is 132 Å². The monoisotopic (exact) mass is 320 g/mol. The molecule has 2 amide bonds. The summed E-state index contributed by atoms with van der Waals surface area (Å²) in [7, 11) is 1.49. The van der Waals surface area contributed by atoms with Crippen LogP contribution >= 0.6 is 0 Å². The number of carboxylic acids is 1. The molecular formula is C15H16N2O6. The number of ether oxygens (including phenoxy) is 2. The van der Waals surface area contributed by atoms with Crippen molar-refractivity contribution in [2.75, 3.05) is 25.6 Å². The number of hydrogen-bond donors (Lipinski definition) is 2. The summed E-state index contributed by atoms with van der Waals surface area (Å²) in [5.74, 6) is -1.32. The summed E-state index contributed by atoms with van der Waals surface area (Å²) >= 11 is 0. The van der Waals surface area contributed by atoms with Gasteiger partial charge in [0, 0.05) is 25.6 Å². The van der Waals surface area contributed by atoms with E-state index in [-0.39, 0.29) is 31.6 Å².